The SMILES string of the molecule is CC(=O)c1ccc(OCCCC(=O)N[C@H]2CC[C@@H](C(=O)O)C2)cc1. The van der Waals surface area contributed by atoms with Crippen molar-refractivity contribution in [3.05, 3.63) is 29.8 Å². The van der Waals surface area contributed by atoms with E-state index in [2.05, 4.69) is 5.32 Å². The van der Waals surface area contributed by atoms with Crippen molar-refractivity contribution in [1.82, 2.24) is 5.32 Å². The van der Waals surface area contributed by atoms with Crippen LogP contribution in [0.25, 0.3) is 0 Å². The van der Waals surface area contributed by atoms with E-state index in [0.29, 0.717) is 43.6 Å². The molecule has 130 valence electrons. The minimum atomic E-state index is -0.782. The van der Waals surface area contributed by atoms with Crippen LogP contribution in [0.15, 0.2) is 24.3 Å². The third kappa shape index (κ3) is 5.37. The molecule has 1 aliphatic rings. The van der Waals surface area contributed by atoms with E-state index in [4.69, 9.17) is 9.84 Å². The van der Waals surface area contributed by atoms with Gasteiger partial charge >= 0.3 is 5.97 Å². The second-order valence-corrected chi connectivity index (χ2v) is 6.15. The number of carbonyl (C=O) groups excluding carboxylic acids is 2. The van der Waals surface area contributed by atoms with Gasteiger partial charge in [0.1, 0.15) is 5.75 Å². The van der Waals surface area contributed by atoms with E-state index in [9.17, 15) is 14.4 Å². The monoisotopic (exact) mass is 333 g/mol. The van der Waals surface area contributed by atoms with Crippen LogP contribution in [0, 0.1) is 5.92 Å². The summed E-state index contributed by atoms with van der Waals surface area (Å²) in [4.78, 5) is 33.9. The molecule has 2 N–H and O–H groups in total. The summed E-state index contributed by atoms with van der Waals surface area (Å²) in [5, 5.41) is 11.8. The zero-order valence-corrected chi connectivity index (χ0v) is 13.8. The number of amides is 1. The Bertz CT molecular complexity index is 596. The molecule has 0 saturated heterocycles. The first-order valence-corrected chi connectivity index (χ1v) is 8.21. The zero-order valence-electron chi connectivity index (χ0n) is 13.8. The van der Waals surface area contributed by atoms with Crippen molar-refractivity contribution in [1.29, 1.82) is 0 Å². The average Bonchev–Trinajstić information content (AvgIpc) is 3.00. The standard InChI is InChI=1S/C18H23NO5/c1-12(20)13-5-8-16(9-6-13)24-10-2-3-17(21)19-15-7-4-14(11-15)18(22)23/h5-6,8-9,14-15H,2-4,7,10-11H2,1H3,(H,19,21)(H,22,23)/t14-,15+/m1/s1. The number of benzene rings is 1. The molecule has 1 fully saturated rings. The first-order chi connectivity index (χ1) is 11.5. The Morgan fingerprint density at radius 1 is 1.21 bits per heavy atom. The van der Waals surface area contributed by atoms with Crippen molar-refractivity contribution in [3.8, 4) is 5.75 Å². The number of hydrogen-bond donors (Lipinski definition) is 2. The number of aliphatic carboxylic acids is 1. The molecule has 6 heteroatoms. The van der Waals surface area contributed by atoms with E-state index in [-0.39, 0.29) is 23.7 Å². The Kier molecular flexibility index (Phi) is 6.35. The van der Waals surface area contributed by atoms with E-state index < -0.39 is 5.97 Å². The summed E-state index contributed by atoms with van der Waals surface area (Å²) in [5.74, 6) is -0.509. The van der Waals surface area contributed by atoms with Crippen molar-refractivity contribution >= 4 is 17.7 Å². The molecule has 0 spiro atoms. The van der Waals surface area contributed by atoms with Gasteiger partial charge in [-0.15, -0.1) is 0 Å². The number of carbonyl (C=O) groups is 3. The molecule has 1 amide bonds. The molecular formula is C18H23NO5. The summed E-state index contributed by atoms with van der Waals surface area (Å²) in [5.41, 5.74) is 0.637. The lowest BCUT2D eigenvalue weighted by Gasteiger charge is -2.12. The van der Waals surface area contributed by atoms with Crippen LogP contribution in [0.1, 0.15) is 49.4 Å². The van der Waals surface area contributed by atoms with Gasteiger partial charge in [-0.05, 0) is 56.9 Å². The maximum Gasteiger partial charge on any atom is 0.306 e. The van der Waals surface area contributed by atoms with Gasteiger partial charge in [-0.2, -0.15) is 0 Å². The Hall–Kier alpha value is -2.37. The van der Waals surface area contributed by atoms with Crippen molar-refractivity contribution in [3.63, 3.8) is 0 Å². The van der Waals surface area contributed by atoms with E-state index in [1.165, 1.54) is 6.92 Å². The van der Waals surface area contributed by atoms with E-state index >= 15 is 0 Å². The van der Waals surface area contributed by atoms with Gasteiger partial charge < -0.3 is 15.2 Å². The first kappa shape index (κ1) is 18.0. The second-order valence-electron chi connectivity index (χ2n) is 6.15. The Balaban J connectivity index is 1.62. The van der Waals surface area contributed by atoms with Crippen LogP contribution < -0.4 is 10.1 Å². The normalized spacial score (nSPS) is 19.7. The van der Waals surface area contributed by atoms with Crippen molar-refractivity contribution in [2.75, 3.05) is 6.61 Å². The highest BCUT2D eigenvalue weighted by molar-refractivity contribution is 5.94. The van der Waals surface area contributed by atoms with Gasteiger partial charge in [0.05, 0.1) is 12.5 Å². The van der Waals surface area contributed by atoms with Gasteiger partial charge in [0.25, 0.3) is 0 Å². The van der Waals surface area contributed by atoms with Crippen LogP contribution >= 0.6 is 0 Å². The summed E-state index contributed by atoms with van der Waals surface area (Å²) in [6.07, 6.45) is 2.79. The summed E-state index contributed by atoms with van der Waals surface area (Å²) < 4.78 is 5.54. The van der Waals surface area contributed by atoms with Crippen LogP contribution in [0.5, 0.6) is 5.75 Å². The molecule has 1 aromatic carbocycles. The largest absolute Gasteiger partial charge is 0.494 e. The van der Waals surface area contributed by atoms with Gasteiger partial charge in [-0.3, -0.25) is 14.4 Å². The van der Waals surface area contributed by atoms with Gasteiger partial charge in [0.2, 0.25) is 5.91 Å². The molecule has 24 heavy (non-hydrogen) atoms. The summed E-state index contributed by atoms with van der Waals surface area (Å²) in [6.45, 7) is 1.92. The number of carboxylic acids is 1. The smallest absolute Gasteiger partial charge is 0.306 e. The first-order valence-electron chi connectivity index (χ1n) is 8.21. The molecule has 2 rings (SSSR count). The fourth-order valence-corrected chi connectivity index (χ4v) is 2.85. The number of ether oxygens (including phenoxy) is 1. The molecule has 1 aromatic rings. The Morgan fingerprint density at radius 2 is 1.92 bits per heavy atom. The Labute approximate surface area is 141 Å². The highest BCUT2D eigenvalue weighted by atomic mass is 16.5. The third-order valence-corrected chi connectivity index (χ3v) is 4.22. The molecule has 1 aliphatic carbocycles. The van der Waals surface area contributed by atoms with Crippen LogP contribution in [0.4, 0.5) is 0 Å². The topological polar surface area (TPSA) is 92.7 Å². The zero-order chi connectivity index (χ0) is 17.5. The van der Waals surface area contributed by atoms with Gasteiger partial charge in [-0.25, -0.2) is 0 Å². The van der Waals surface area contributed by atoms with Crippen molar-refractivity contribution in [2.24, 2.45) is 5.92 Å². The molecule has 2 atom stereocenters. The van der Waals surface area contributed by atoms with Gasteiger partial charge in [0.15, 0.2) is 5.78 Å². The lowest BCUT2D eigenvalue weighted by atomic mass is 10.1. The lowest BCUT2D eigenvalue weighted by molar-refractivity contribution is -0.141. The number of nitrogens with one attached hydrogen (secondary N) is 1. The average molecular weight is 333 g/mol. The molecule has 0 heterocycles. The maximum atomic E-state index is 11.9. The Morgan fingerprint density at radius 3 is 2.50 bits per heavy atom. The molecule has 0 aliphatic heterocycles. The molecule has 0 aromatic heterocycles. The van der Waals surface area contributed by atoms with E-state index in [0.717, 1.165) is 6.42 Å². The van der Waals surface area contributed by atoms with Crippen LogP contribution in [-0.2, 0) is 9.59 Å². The fourth-order valence-electron chi connectivity index (χ4n) is 2.85. The van der Waals surface area contributed by atoms with E-state index in [1.807, 2.05) is 0 Å². The van der Waals surface area contributed by atoms with Crippen molar-refractivity contribution in [2.45, 2.75) is 45.1 Å². The summed E-state index contributed by atoms with van der Waals surface area (Å²) in [6, 6.07) is 6.87. The van der Waals surface area contributed by atoms with E-state index in [1.54, 1.807) is 24.3 Å². The third-order valence-electron chi connectivity index (χ3n) is 4.22. The molecule has 1 saturated carbocycles. The maximum absolute atomic E-state index is 11.9. The quantitative estimate of drug-likeness (QED) is 0.563. The molecular weight excluding hydrogens is 310 g/mol. The predicted molar refractivity (Wildman–Crippen MR) is 88.1 cm³/mol. The van der Waals surface area contributed by atoms with Gasteiger partial charge in [0, 0.05) is 18.0 Å². The molecule has 0 radical (unpaired) electrons. The lowest BCUT2D eigenvalue weighted by Crippen LogP contribution is -2.33. The van der Waals surface area contributed by atoms with Crippen molar-refractivity contribution < 1.29 is 24.2 Å². The number of rotatable bonds is 8. The number of carboxylic acid groups (broad SMARTS) is 1. The highest BCUT2D eigenvalue weighted by Gasteiger charge is 2.30. The number of hydrogen-bond acceptors (Lipinski definition) is 4. The molecule has 6 nitrogen and oxygen atoms in total. The summed E-state index contributed by atoms with van der Waals surface area (Å²) >= 11 is 0. The van der Waals surface area contributed by atoms with Gasteiger partial charge in [-0.1, -0.05) is 0 Å². The summed E-state index contributed by atoms with van der Waals surface area (Å²) in [7, 11) is 0. The number of ketones is 1. The second kappa shape index (κ2) is 8.47. The molecule has 0 unspecified atom stereocenters. The number of Topliss-reactive ketones (excluding diaryl/α,β-unsaturated/α-hetero) is 1. The fraction of sp³-hybridized carbons (Fsp3) is 0.500. The van der Waals surface area contributed by atoms with Crippen LogP contribution in [0.3, 0.4) is 0 Å². The predicted octanol–water partition coefficient (Wildman–Crippen LogP) is 2.42. The minimum absolute atomic E-state index is 0.00951. The highest BCUT2D eigenvalue weighted by Crippen LogP contribution is 2.25. The minimum Gasteiger partial charge on any atom is -0.494 e. The van der Waals surface area contributed by atoms with Crippen LogP contribution in [-0.4, -0.2) is 35.4 Å². The molecule has 0 bridgehead atoms. The van der Waals surface area contributed by atoms with Crippen LogP contribution in [0.2, 0.25) is 0 Å².